The normalized spacial score (nSPS) is 10.8. The van der Waals surface area contributed by atoms with Gasteiger partial charge in [-0.2, -0.15) is 5.10 Å². The van der Waals surface area contributed by atoms with Gasteiger partial charge >= 0.3 is 0 Å². The molecule has 0 saturated heterocycles. The van der Waals surface area contributed by atoms with Crippen LogP contribution in [0.1, 0.15) is 18.7 Å². The second kappa shape index (κ2) is 6.84. The van der Waals surface area contributed by atoms with Crippen molar-refractivity contribution in [3.05, 3.63) is 35.5 Å². The molecule has 0 bridgehead atoms. The van der Waals surface area contributed by atoms with Gasteiger partial charge in [-0.05, 0) is 26.0 Å². The smallest absolute Gasteiger partial charge is 0.185 e. The molecule has 0 saturated carbocycles. The van der Waals surface area contributed by atoms with Crippen LogP contribution in [0.25, 0.3) is 0 Å². The minimum atomic E-state index is 0.729. The van der Waals surface area contributed by atoms with Crippen LogP contribution < -0.4 is 10.3 Å². The molecule has 0 radical (unpaired) electrons. The van der Waals surface area contributed by atoms with E-state index in [1.54, 1.807) is 23.7 Å². The van der Waals surface area contributed by atoms with E-state index in [0.717, 1.165) is 28.9 Å². The van der Waals surface area contributed by atoms with Gasteiger partial charge in [-0.25, -0.2) is 9.97 Å². The zero-order valence-corrected chi connectivity index (χ0v) is 11.9. The third-order valence-corrected chi connectivity index (χ3v) is 3.57. The zero-order chi connectivity index (χ0) is 13.5. The standard InChI is InChI=1S/C13H17N5S/c1-3-18(4-2)13-15-9-11(19-13)10-16-17-12-7-5-6-8-14-12/h5-10H,3-4H2,1-2H3,(H,14,17)/b16-10-. The lowest BCUT2D eigenvalue weighted by Crippen LogP contribution is -2.21. The molecule has 0 amide bonds. The molecule has 0 aromatic carbocycles. The Hall–Kier alpha value is -1.95. The molecule has 2 aromatic heterocycles. The summed E-state index contributed by atoms with van der Waals surface area (Å²) in [6.45, 7) is 6.18. The van der Waals surface area contributed by atoms with E-state index in [1.165, 1.54) is 0 Å². The Morgan fingerprint density at radius 1 is 1.32 bits per heavy atom. The van der Waals surface area contributed by atoms with E-state index < -0.39 is 0 Å². The molecule has 0 aliphatic rings. The van der Waals surface area contributed by atoms with Crippen LogP contribution in [0.15, 0.2) is 35.7 Å². The van der Waals surface area contributed by atoms with Crippen LogP contribution in [-0.2, 0) is 0 Å². The van der Waals surface area contributed by atoms with Crippen molar-refractivity contribution in [3.63, 3.8) is 0 Å². The first kappa shape index (κ1) is 13.5. The van der Waals surface area contributed by atoms with Crippen molar-refractivity contribution in [2.75, 3.05) is 23.4 Å². The Morgan fingerprint density at radius 2 is 2.16 bits per heavy atom. The molecule has 6 heteroatoms. The summed E-state index contributed by atoms with van der Waals surface area (Å²) in [7, 11) is 0. The molecule has 0 aliphatic carbocycles. The third-order valence-electron chi connectivity index (χ3n) is 2.58. The van der Waals surface area contributed by atoms with Crippen LogP contribution in [0.2, 0.25) is 0 Å². The lowest BCUT2D eigenvalue weighted by atomic mass is 10.5. The fourth-order valence-corrected chi connectivity index (χ4v) is 2.48. The molecule has 100 valence electrons. The van der Waals surface area contributed by atoms with Crippen molar-refractivity contribution in [3.8, 4) is 0 Å². The molecule has 0 spiro atoms. The predicted molar refractivity (Wildman–Crippen MR) is 81.1 cm³/mol. The van der Waals surface area contributed by atoms with Crippen LogP contribution in [0.4, 0.5) is 10.9 Å². The minimum Gasteiger partial charge on any atom is -0.349 e. The second-order valence-corrected chi connectivity index (χ2v) is 4.84. The zero-order valence-electron chi connectivity index (χ0n) is 11.1. The number of nitrogens with zero attached hydrogens (tertiary/aromatic N) is 4. The van der Waals surface area contributed by atoms with Gasteiger partial charge in [0.1, 0.15) is 5.82 Å². The number of thiazole rings is 1. The number of hydrogen-bond acceptors (Lipinski definition) is 6. The van der Waals surface area contributed by atoms with Crippen molar-refractivity contribution in [1.29, 1.82) is 0 Å². The topological polar surface area (TPSA) is 53.4 Å². The molecular weight excluding hydrogens is 258 g/mol. The Balaban J connectivity index is 1.96. The number of hydrogen-bond donors (Lipinski definition) is 1. The average Bonchev–Trinajstić information content (AvgIpc) is 2.90. The number of nitrogens with one attached hydrogen (secondary N) is 1. The van der Waals surface area contributed by atoms with Gasteiger partial charge in [0.25, 0.3) is 0 Å². The van der Waals surface area contributed by atoms with Crippen LogP contribution in [-0.4, -0.2) is 29.3 Å². The fourth-order valence-electron chi connectivity index (χ4n) is 1.57. The maximum absolute atomic E-state index is 4.39. The first-order valence-electron chi connectivity index (χ1n) is 6.24. The van der Waals surface area contributed by atoms with Gasteiger partial charge in [0.15, 0.2) is 5.13 Å². The molecule has 19 heavy (non-hydrogen) atoms. The van der Waals surface area contributed by atoms with Crippen molar-refractivity contribution < 1.29 is 0 Å². The van der Waals surface area contributed by atoms with E-state index in [0.29, 0.717) is 0 Å². The SMILES string of the molecule is CCN(CC)c1ncc(/C=N\Nc2ccccn2)s1. The van der Waals surface area contributed by atoms with Crippen molar-refractivity contribution >= 4 is 28.5 Å². The largest absolute Gasteiger partial charge is 0.349 e. The van der Waals surface area contributed by atoms with E-state index in [9.17, 15) is 0 Å². The van der Waals surface area contributed by atoms with E-state index in [-0.39, 0.29) is 0 Å². The maximum Gasteiger partial charge on any atom is 0.185 e. The molecule has 2 rings (SSSR count). The molecule has 0 unspecified atom stereocenters. The fraction of sp³-hybridized carbons (Fsp3) is 0.308. The van der Waals surface area contributed by atoms with Crippen LogP contribution in [0.3, 0.4) is 0 Å². The molecule has 5 nitrogen and oxygen atoms in total. The highest BCUT2D eigenvalue weighted by Gasteiger charge is 2.06. The van der Waals surface area contributed by atoms with E-state index in [1.807, 2.05) is 24.4 Å². The van der Waals surface area contributed by atoms with E-state index in [4.69, 9.17) is 0 Å². The highest BCUT2D eigenvalue weighted by molar-refractivity contribution is 7.17. The molecule has 1 N–H and O–H groups in total. The number of anilines is 2. The first-order valence-corrected chi connectivity index (χ1v) is 7.06. The Morgan fingerprint density at radius 3 is 2.84 bits per heavy atom. The summed E-state index contributed by atoms with van der Waals surface area (Å²) in [4.78, 5) is 11.8. The van der Waals surface area contributed by atoms with Gasteiger partial charge in [-0.3, -0.25) is 5.43 Å². The maximum atomic E-state index is 4.39. The Labute approximate surface area is 117 Å². The minimum absolute atomic E-state index is 0.729. The summed E-state index contributed by atoms with van der Waals surface area (Å²) in [5.74, 6) is 0.729. The predicted octanol–water partition coefficient (Wildman–Crippen LogP) is 2.83. The first-order chi connectivity index (χ1) is 9.33. The van der Waals surface area contributed by atoms with Crippen LogP contribution in [0.5, 0.6) is 0 Å². The van der Waals surface area contributed by atoms with Crippen molar-refractivity contribution in [2.45, 2.75) is 13.8 Å². The summed E-state index contributed by atoms with van der Waals surface area (Å²) in [5.41, 5.74) is 2.88. The van der Waals surface area contributed by atoms with Gasteiger partial charge in [-0.1, -0.05) is 17.4 Å². The number of aromatic nitrogens is 2. The molecular formula is C13H17N5S. The average molecular weight is 275 g/mol. The third kappa shape index (κ3) is 3.75. The van der Waals surface area contributed by atoms with Gasteiger partial charge in [0.05, 0.1) is 11.1 Å². The summed E-state index contributed by atoms with van der Waals surface area (Å²) in [6, 6.07) is 5.65. The summed E-state index contributed by atoms with van der Waals surface area (Å²) < 4.78 is 0. The Bertz CT molecular complexity index is 519. The van der Waals surface area contributed by atoms with Crippen molar-refractivity contribution in [2.24, 2.45) is 5.10 Å². The summed E-state index contributed by atoms with van der Waals surface area (Å²) >= 11 is 1.63. The van der Waals surface area contributed by atoms with Gasteiger partial charge < -0.3 is 4.90 Å². The van der Waals surface area contributed by atoms with Crippen molar-refractivity contribution in [1.82, 2.24) is 9.97 Å². The second-order valence-electron chi connectivity index (χ2n) is 3.80. The lowest BCUT2D eigenvalue weighted by molar-refractivity contribution is 0.860. The van der Waals surface area contributed by atoms with E-state index >= 15 is 0 Å². The van der Waals surface area contributed by atoms with E-state index in [2.05, 4.69) is 39.2 Å². The van der Waals surface area contributed by atoms with Crippen LogP contribution >= 0.6 is 11.3 Å². The summed E-state index contributed by atoms with van der Waals surface area (Å²) in [5, 5.41) is 5.18. The van der Waals surface area contributed by atoms with Crippen LogP contribution in [0, 0.1) is 0 Å². The summed E-state index contributed by atoms with van der Waals surface area (Å²) in [6.07, 6.45) is 5.32. The molecule has 2 heterocycles. The molecule has 2 aromatic rings. The lowest BCUT2D eigenvalue weighted by Gasteiger charge is -2.16. The van der Waals surface area contributed by atoms with Gasteiger partial charge in [-0.15, -0.1) is 0 Å². The number of rotatable bonds is 6. The number of hydrazone groups is 1. The molecule has 0 fully saturated rings. The Kier molecular flexibility index (Phi) is 4.85. The van der Waals surface area contributed by atoms with Gasteiger partial charge in [0.2, 0.25) is 0 Å². The van der Waals surface area contributed by atoms with Gasteiger partial charge in [0, 0.05) is 25.5 Å². The monoisotopic (exact) mass is 275 g/mol. The molecule has 0 aliphatic heterocycles. The molecule has 0 atom stereocenters. The highest BCUT2D eigenvalue weighted by atomic mass is 32.1. The highest BCUT2D eigenvalue weighted by Crippen LogP contribution is 2.20. The quantitative estimate of drug-likeness (QED) is 0.650. The number of pyridine rings is 1.